The number of nitrogens with zero attached hydrogens (tertiary/aromatic N) is 2. The van der Waals surface area contributed by atoms with Crippen LogP contribution < -0.4 is 5.32 Å². The van der Waals surface area contributed by atoms with E-state index in [-0.39, 0.29) is 18.2 Å². The third-order valence-corrected chi connectivity index (χ3v) is 6.22. The lowest BCUT2D eigenvalue weighted by atomic mass is 10.0. The number of hydrogen-bond donors (Lipinski definition) is 1. The first-order valence-electron chi connectivity index (χ1n) is 10.4. The molecule has 2 aromatic carbocycles. The van der Waals surface area contributed by atoms with Crippen molar-refractivity contribution in [2.75, 3.05) is 11.9 Å². The number of amidine groups is 1. The van der Waals surface area contributed by atoms with E-state index in [4.69, 9.17) is 0 Å². The van der Waals surface area contributed by atoms with Crippen molar-refractivity contribution < 1.29 is 9.59 Å². The second-order valence-corrected chi connectivity index (χ2v) is 8.88. The number of benzene rings is 2. The van der Waals surface area contributed by atoms with Crippen LogP contribution in [-0.2, 0) is 9.59 Å². The quantitative estimate of drug-likeness (QED) is 0.651. The maximum absolute atomic E-state index is 13.0. The zero-order valence-electron chi connectivity index (χ0n) is 18.1. The molecule has 3 rings (SSSR count). The Hall–Kier alpha value is -2.60. The van der Waals surface area contributed by atoms with Crippen molar-refractivity contribution in [2.45, 2.75) is 52.2 Å². The molecular formula is C24H29N3O2S. The van der Waals surface area contributed by atoms with Crippen LogP contribution in [-0.4, -0.2) is 33.7 Å². The van der Waals surface area contributed by atoms with E-state index in [0.29, 0.717) is 11.7 Å². The molecule has 1 unspecified atom stereocenters. The molecule has 1 heterocycles. The number of unbranched alkanes of at least 4 members (excludes halogenated alkanes) is 1. The normalized spacial score (nSPS) is 17.6. The van der Waals surface area contributed by atoms with E-state index in [1.807, 2.05) is 51.1 Å². The average Bonchev–Trinajstić information content (AvgIpc) is 2.98. The minimum atomic E-state index is -0.449. The lowest BCUT2D eigenvalue weighted by Crippen LogP contribution is -2.34. The molecule has 2 amide bonds. The molecule has 0 bridgehead atoms. The van der Waals surface area contributed by atoms with Crippen LogP contribution in [0.25, 0.3) is 0 Å². The number of aliphatic imine (C=N–C) groups is 1. The van der Waals surface area contributed by atoms with E-state index >= 15 is 0 Å². The molecular weight excluding hydrogens is 394 g/mol. The van der Waals surface area contributed by atoms with Gasteiger partial charge in [0.15, 0.2) is 5.17 Å². The molecule has 1 fully saturated rings. The molecule has 1 saturated heterocycles. The molecule has 1 N–H and O–H groups in total. The standard InChI is InChI=1S/C24H29N3O2S/c1-5-6-12-27-23(29)20(30-24(27)25-19-10-8-7-9-11-19)15-21(28)26-22-17(3)13-16(2)14-18(22)4/h7-11,13-14,20H,5-6,12,15H2,1-4H3,(H,26,28). The molecule has 1 atom stereocenters. The summed E-state index contributed by atoms with van der Waals surface area (Å²) in [6, 6.07) is 13.7. The molecule has 0 aliphatic carbocycles. The Balaban J connectivity index is 1.75. The SMILES string of the molecule is CCCCN1C(=O)C(CC(=O)Nc2c(C)cc(C)cc2C)SC1=Nc1ccccc1. The first-order valence-corrected chi connectivity index (χ1v) is 11.3. The fourth-order valence-corrected chi connectivity index (χ4v) is 4.78. The lowest BCUT2D eigenvalue weighted by molar-refractivity contribution is -0.128. The Morgan fingerprint density at radius 3 is 2.43 bits per heavy atom. The van der Waals surface area contributed by atoms with E-state index < -0.39 is 5.25 Å². The maximum Gasteiger partial charge on any atom is 0.242 e. The van der Waals surface area contributed by atoms with Gasteiger partial charge in [0.1, 0.15) is 5.25 Å². The van der Waals surface area contributed by atoms with Crippen LogP contribution in [0.15, 0.2) is 47.5 Å². The molecule has 1 aliphatic rings. The average molecular weight is 424 g/mol. The highest BCUT2D eigenvalue weighted by molar-refractivity contribution is 8.15. The minimum Gasteiger partial charge on any atom is -0.326 e. The van der Waals surface area contributed by atoms with Gasteiger partial charge < -0.3 is 5.32 Å². The molecule has 1 aliphatic heterocycles. The summed E-state index contributed by atoms with van der Waals surface area (Å²) >= 11 is 1.39. The van der Waals surface area contributed by atoms with Gasteiger partial charge in [-0.15, -0.1) is 0 Å². The number of carbonyl (C=O) groups is 2. The van der Waals surface area contributed by atoms with Gasteiger partial charge in [0.2, 0.25) is 11.8 Å². The molecule has 0 radical (unpaired) electrons. The fraction of sp³-hybridized carbons (Fsp3) is 0.375. The minimum absolute atomic E-state index is 0.0318. The number of anilines is 1. The second kappa shape index (κ2) is 9.94. The van der Waals surface area contributed by atoms with Crippen LogP contribution in [0, 0.1) is 20.8 Å². The monoisotopic (exact) mass is 423 g/mol. The van der Waals surface area contributed by atoms with Crippen LogP contribution in [0.5, 0.6) is 0 Å². The van der Waals surface area contributed by atoms with Crippen molar-refractivity contribution in [3.63, 3.8) is 0 Å². The second-order valence-electron chi connectivity index (χ2n) is 7.71. The number of thioether (sulfide) groups is 1. The molecule has 6 heteroatoms. The Morgan fingerprint density at radius 1 is 1.13 bits per heavy atom. The van der Waals surface area contributed by atoms with Crippen LogP contribution in [0.2, 0.25) is 0 Å². The number of nitrogens with one attached hydrogen (secondary N) is 1. The summed E-state index contributed by atoms with van der Waals surface area (Å²) in [6.07, 6.45) is 2.03. The van der Waals surface area contributed by atoms with Gasteiger partial charge in [-0.2, -0.15) is 0 Å². The number of para-hydroxylation sites is 1. The first kappa shape index (κ1) is 22.1. The highest BCUT2D eigenvalue weighted by Gasteiger charge is 2.38. The summed E-state index contributed by atoms with van der Waals surface area (Å²) < 4.78 is 0. The van der Waals surface area contributed by atoms with Gasteiger partial charge in [-0.3, -0.25) is 14.5 Å². The third kappa shape index (κ3) is 5.30. The van der Waals surface area contributed by atoms with E-state index in [2.05, 4.69) is 29.4 Å². The molecule has 0 saturated carbocycles. The number of amides is 2. The van der Waals surface area contributed by atoms with Crippen molar-refractivity contribution in [1.82, 2.24) is 4.90 Å². The Labute approximate surface area is 183 Å². The number of hydrogen-bond acceptors (Lipinski definition) is 4. The summed E-state index contributed by atoms with van der Waals surface area (Å²) in [6.45, 7) is 8.74. The van der Waals surface area contributed by atoms with Crippen LogP contribution in [0.4, 0.5) is 11.4 Å². The van der Waals surface area contributed by atoms with Crippen LogP contribution >= 0.6 is 11.8 Å². The fourth-order valence-electron chi connectivity index (χ4n) is 3.60. The van der Waals surface area contributed by atoms with Crippen molar-refractivity contribution in [3.05, 3.63) is 59.2 Å². The summed E-state index contributed by atoms with van der Waals surface area (Å²) in [4.78, 5) is 32.2. The third-order valence-electron chi connectivity index (χ3n) is 5.05. The molecule has 30 heavy (non-hydrogen) atoms. The van der Waals surface area contributed by atoms with Gasteiger partial charge >= 0.3 is 0 Å². The smallest absolute Gasteiger partial charge is 0.242 e. The van der Waals surface area contributed by atoms with Crippen LogP contribution in [0.3, 0.4) is 0 Å². The summed E-state index contributed by atoms with van der Waals surface area (Å²) in [5.41, 5.74) is 4.87. The number of rotatable bonds is 7. The van der Waals surface area contributed by atoms with Crippen molar-refractivity contribution in [1.29, 1.82) is 0 Å². The first-order chi connectivity index (χ1) is 14.4. The Kier molecular flexibility index (Phi) is 7.32. The predicted octanol–water partition coefficient (Wildman–Crippen LogP) is 5.37. The van der Waals surface area contributed by atoms with Gasteiger partial charge in [0, 0.05) is 18.7 Å². The Bertz CT molecular complexity index is 933. The van der Waals surface area contributed by atoms with Gasteiger partial charge in [-0.25, -0.2) is 4.99 Å². The van der Waals surface area contributed by atoms with Crippen molar-refractivity contribution >= 4 is 40.1 Å². The maximum atomic E-state index is 13.0. The molecule has 5 nitrogen and oxygen atoms in total. The molecule has 0 spiro atoms. The molecule has 158 valence electrons. The van der Waals surface area contributed by atoms with Crippen molar-refractivity contribution in [3.8, 4) is 0 Å². The largest absolute Gasteiger partial charge is 0.326 e. The molecule has 2 aromatic rings. The van der Waals surface area contributed by atoms with Crippen LogP contribution in [0.1, 0.15) is 42.9 Å². The summed E-state index contributed by atoms with van der Waals surface area (Å²) in [7, 11) is 0. The summed E-state index contributed by atoms with van der Waals surface area (Å²) in [5.74, 6) is -0.178. The highest BCUT2D eigenvalue weighted by Crippen LogP contribution is 2.32. The zero-order valence-corrected chi connectivity index (χ0v) is 18.9. The predicted molar refractivity (Wildman–Crippen MR) is 125 cm³/mol. The van der Waals surface area contributed by atoms with Gasteiger partial charge in [0.05, 0.1) is 5.69 Å². The van der Waals surface area contributed by atoms with Gasteiger partial charge in [-0.1, -0.05) is 61.0 Å². The topological polar surface area (TPSA) is 61.8 Å². The van der Waals surface area contributed by atoms with E-state index in [9.17, 15) is 9.59 Å². The van der Waals surface area contributed by atoms with Crippen molar-refractivity contribution in [2.24, 2.45) is 4.99 Å². The lowest BCUT2D eigenvalue weighted by Gasteiger charge is -2.16. The van der Waals surface area contributed by atoms with Gasteiger partial charge in [0.25, 0.3) is 0 Å². The number of aryl methyl sites for hydroxylation is 3. The zero-order chi connectivity index (χ0) is 21.7. The Morgan fingerprint density at radius 2 is 1.80 bits per heavy atom. The number of carbonyl (C=O) groups excluding carboxylic acids is 2. The van der Waals surface area contributed by atoms with E-state index in [1.165, 1.54) is 11.8 Å². The van der Waals surface area contributed by atoms with Gasteiger partial charge in [-0.05, 0) is 50.5 Å². The van der Waals surface area contributed by atoms with E-state index in [1.54, 1.807) is 4.90 Å². The highest BCUT2D eigenvalue weighted by atomic mass is 32.2. The molecule has 0 aromatic heterocycles. The summed E-state index contributed by atoms with van der Waals surface area (Å²) in [5, 5.41) is 3.24. The van der Waals surface area contributed by atoms with E-state index in [0.717, 1.165) is 40.9 Å².